The lowest BCUT2D eigenvalue weighted by Crippen LogP contribution is -2.20. The van der Waals surface area contributed by atoms with E-state index in [0.29, 0.717) is 0 Å². The van der Waals surface area contributed by atoms with Crippen molar-refractivity contribution in [2.24, 2.45) is 0 Å². The van der Waals surface area contributed by atoms with Crippen LogP contribution in [-0.4, -0.2) is 8.07 Å². The van der Waals surface area contributed by atoms with Crippen LogP contribution in [0, 0.1) is 0 Å². The molecule has 52 valence electrons. The molecule has 0 aromatic rings. The third-order valence-corrected chi connectivity index (χ3v) is 3.86. The van der Waals surface area contributed by atoms with Crippen LogP contribution in [0.5, 0.6) is 0 Å². The van der Waals surface area contributed by atoms with E-state index in [1.807, 2.05) is 6.08 Å². The molecule has 0 aliphatic carbocycles. The molecule has 0 radical (unpaired) electrons. The first-order valence-electron chi connectivity index (χ1n) is 3.37. The lowest BCUT2D eigenvalue weighted by molar-refractivity contribution is 1.55. The second kappa shape index (κ2) is 3.67. The van der Waals surface area contributed by atoms with Crippen molar-refractivity contribution in [1.29, 1.82) is 0 Å². The van der Waals surface area contributed by atoms with Gasteiger partial charge in [0.2, 0.25) is 0 Å². The molecule has 0 heterocycles. The lowest BCUT2D eigenvalue weighted by atomic mass is 10.8. The number of allylic oxidation sites excluding steroid dienone is 2. The van der Waals surface area contributed by atoms with Crippen LogP contribution >= 0.6 is 0 Å². The maximum absolute atomic E-state index is 3.73. The monoisotopic (exact) mass is 140 g/mol. The normalized spacial score (nSPS) is 12.3. The third-order valence-electron chi connectivity index (χ3n) is 1.29. The fourth-order valence-electron chi connectivity index (χ4n) is 0.891. The summed E-state index contributed by atoms with van der Waals surface area (Å²) in [6.45, 7) is 10.5. The topological polar surface area (TPSA) is 0 Å². The first kappa shape index (κ1) is 8.70. The van der Waals surface area contributed by atoms with Crippen molar-refractivity contribution in [2.75, 3.05) is 0 Å². The lowest BCUT2D eigenvalue weighted by Gasteiger charge is -2.13. The van der Waals surface area contributed by atoms with Crippen molar-refractivity contribution in [2.45, 2.75) is 26.1 Å². The van der Waals surface area contributed by atoms with Crippen LogP contribution in [0.1, 0.15) is 6.92 Å². The van der Waals surface area contributed by atoms with E-state index in [-0.39, 0.29) is 0 Å². The Morgan fingerprint density at radius 2 is 2.00 bits per heavy atom. The molecule has 0 aromatic carbocycles. The van der Waals surface area contributed by atoms with Gasteiger partial charge in [-0.25, -0.2) is 0 Å². The molecule has 0 aliphatic heterocycles. The third kappa shape index (κ3) is 4.22. The molecule has 1 heteroatoms. The zero-order chi connectivity index (χ0) is 7.33. The summed E-state index contributed by atoms with van der Waals surface area (Å²) in [6, 6.07) is 1.19. The van der Waals surface area contributed by atoms with Gasteiger partial charge in [0.1, 0.15) is 0 Å². The van der Waals surface area contributed by atoms with Gasteiger partial charge in [-0.05, 0) is 13.0 Å². The predicted octanol–water partition coefficient (Wildman–Crippen LogP) is 3.00. The molecule has 0 aromatic heterocycles. The second-order valence-corrected chi connectivity index (χ2v) is 7.70. The van der Waals surface area contributed by atoms with Gasteiger partial charge in [-0.3, -0.25) is 0 Å². The van der Waals surface area contributed by atoms with E-state index >= 15 is 0 Å². The quantitative estimate of drug-likeness (QED) is 0.417. The van der Waals surface area contributed by atoms with Gasteiger partial charge in [-0.15, -0.1) is 6.58 Å². The van der Waals surface area contributed by atoms with E-state index < -0.39 is 8.07 Å². The summed E-state index contributed by atoms with van der Waals surface area (Å²) in [5.74, 6) is 0. The zero-order valence-corrected chi connectivity index (χ0v) is 7.65. The van der Waals surface area contributed by atoms with Crippen LogP contribution in [-0.2, 0) is 0 Å². The summed E-state index contributed by atoms with van der Waals surface area (Å²) in [5.41, 5.74) is 2.34. The van der Waals surface area contributed by atoms with Crippen LogP contribution in [0.2, 0.25) is 19.1 Å². The molecule has 0 aliphatic rings. The van der Waals surface area contributed by atoms with Crippen molar-refractivity contribution in [3.63, 3.8) is 0 Å². The van der Waals surface area contributed by atoms with E-state index in [9.17, 15) is 0 Å². The molecule has 0 bridgehead atoms. The largest absolute Gasteiger partial charge is 0.103 e. The van der Waals surface area contributed by atoms with Gasteiger partial charge in [-0.1, -0.05) is 30.9 Å². The Hall–Kier alpha value is -0.303. The molecule has 0 nitrogen and oxygen atoms in total. The molecule has 0 rings (SSSR count). The molecular weight excluding hydrogens is 124 g/mol. The van der Waals surface area contributed by atoms with Crippen molar-refractivity contribution in [3.05, 3.63) is 24.4 Å². The van der Waals surface area contributed by atoms with Gasteiger partial charge in [0, 0.05) is 0 Å². The highest BCUT2D eigenvalue weighted by molar-refractivity contribution is 6.82. The van der Waals surface area contributed by atoms with Crippen molar-refractivity contribution in [1.82, 2.24) is 0 Å². The Bertz CT molecular complexity index is 112. The standard InChI is InChI=1S/C8H16Si/c1-5-7-9(3,4)8-6-2/h5-6,8H,1,7H2,2-4H3/b8-6+. The molecule has 0 amide bonds. The molecule has 0 N–H and O–H groups in total. The molecule has 0 saturated carbocycles. The predicted molar refractivity (Wildman–Crippen MR) is 47.3 cm³/mol. The van der Waals surface area contributed by atoms with Gasteiger partial charge >= 0.3 is 0 Å². The Labute approximate surface area is 59.3 Å². The first-order valence-corrected chi connectivity index (χ1v) is 6.65. The van der Waals surface area contributed by atoms with E-state index in [1.54, 1.807) is 0 Å². The molecule has 0 fully saturated rings. The number of hydrogen-bond acceptors (Lipinski definition) is 0. The number of hydrogen-bond donors (Lipinski definition) is 0. The molecule has 9 heavy (non-hydrogen) atoms. The summed E-state index contributed by atoms with van der Waals surface area (Å²) in [5, 5.41) is 0. The Balaban J connectivity index is 3.84. The van der Waals surface area contributed by atoms with Crippen LogP contribution in [0.3, 0.4) is 0 Å². The summed E-state index contributed by atoms with van der Waals surface area (Å²) >= 11 is 0. The first-order chi connectivity index (χ1) is 4.12. The minimum Gasteiger partial charge on any atom is -0.103 e. The molecule has 0 unspecified atom stereocenters. The van der Waals surface area contributed by atoms with Gasteiger partial charge in [0.05, 0.1) is 8.07 Å². The molecule has 0 atom stereocenters. The molecule has 0 saturated heterocycles. The summed E-state index contributed by atoms with van der Waals surface area (Å²) in [7, 11) is -1.00. The Morgan fingerprint density at radius 3 is 2.33 bits per heavy atom. The van der Waals surface area contributed by atoms with Gasteiger partial charge in [0.25, 0.3) is 0 Å². The van der Waals surface area contributed by atoms with Crippen molar-refractivity contribution in [3.8, 4) is 0 Å². The summed E-state index contributed by atoms with van der Waals surface area (Å²) in [4.78, 5) is 0. The number of rotatable bonds is 3. The van der Waals surface area contributed by atoms with Gasteiger partial charge in [-0.2, -0.15) is 0 Å². The average Bonchev–Trinajstić information content (AvgIpc) is 1.64. The molecular formula is C8H16Si. The summed E-state index contributed by atoms with van der Waals surface area (Å²) < 4.78 is 0. The highest BCUT2D eigenvalue weighted by Crippen LogP contribution is 2.10. The zero-order valence-electron chi connectivity index (χ0n) is 6.65. The smallest absolute Gasteiger partial charge is 0.0749 e. The van der Waals surface area contributed by atoms with Crippen LogP contribution < -0.4 is 0 Å². The Kier molecular flexibility index (Phi) is 3.55. The van der Waals surface area contributed by atoms with E-state index in [4.69, 9.17) is 0 Å². The van der Waals surface area contributed by atoms with E-state index in [2.05, 4.69) is 38.4 Å². The highest BCUT2D eigenvalue weighted by Gasteiger charge is 2.12. The maximum atomic E-state index is 3.73. The van der Waals surface area contributed by atoms with Crippen LogP contribution in [0.4, 0.5) is 0 Å². The Morgan fingerprint density at radius 1 is 1.44 bits per heavy atom. The van der Waals surface area contributed by atoms with Crippen molar-refractivity contribution >= 4 is 8.07 Å². The van der Waals surface area contributed by atoms with Gasteiger partial charge < -0.3 is 0 Å². The minimum absolute atomic E-state index is 1.00. The molecule has 0 spiro atoms. The highest BCUT2D eigenvalue weighted by atomic mass is 28.3. The average molecular weight is 140 g/mol. The maximum Gasteiger partial charge on any atom is 0.0749 e. The fourth-order valence-corrected chi connectivity index (χ4v) is 2.67. The SMILES string of the molecule is C=CC[Si](C)(C)/C=C/C. The van der Waals surface area contributed by atoms with Crippen molar-refractivity contribution < 1.29 is 0 Å². The summed E-state index contributed by atoms with van der Waals surface area (Å²) in [6.07, 6.45) is 4.17. The van der Waals surface area contributed by atoms with Crippen LogP contribution in [0.25, 0.3) is 0 Å². The second-order valence-electron chi connectivity index (χ2n) is 2.98. The van der Waals surface area contributed by atoms with E-state index in [1.165, 1.54) is 6.04 Å². The fraction of sp³-hybridized carbons (Fsp3) is 0.500. The van der Waals surface area contributed by atoms with Gasteiger partial charge in [0.15, 0.2) is 0 Å². The van der Waals surface area contributed by atoms with Crippen LogP contribution in [0.15, 0.2) is 24.4 Å². The van der Waals surface area contributed by atoms with E-state index in [0.717, 1.165) is 0 Å². The minimum atomic E-state index is -1.00.